The van der Waals surface area contributed by atoms with E-state index in [-0.39, 0.29) is 12.8 Å². The van der Waals surface area contributed by atoms with Gasteiger partial charge >= 0.3 is 11.9 Å². The first-order valence-electron chi connectivity index (χ1n) is 7.48. The minimum atomic E-state index is -1.58. The van der Waals surface area contributed by atoms with Crippen molar-refractivity contribution in [3.8, 4) is 0 Å². The van der Waals surface area contributed by atoms with Gasteiger partial charge in [-0.2, -0.15) is 0 Å². The lowest BCUT2D eigenvalue weighted by Crippen LogP contribution is -2.38. The molecule has 112 valence electrons. The molecule has 0 aromatic heterocycles. The second kappa shape index (κ2) is 9.82. The number of hydrogen-bond donors (Lipinski definition) is 2. The van der Waals surface area contributed by atoms with E-state index in [0.717, 1.165) is 12.8 Å². The molecule has 0 heterocycles. The molecule has 0 rings (SSSR count). The van der Waals surface area contributed by atoms with E-state index < -0.39 is 17.4 Å². The maximum Gasteiger partial charge on any atom is 0.321 e. The molecule has 0 aromatic rings. The summed E-state index contributed by atoms with van der Waals surface area (Å²) >= 11 is 0. The van der Waals surface area contributed by atoms with Gasteiger partial charge in [-0.15, -0.1) is 0 Å². The van der Waals surface area contributed by atoms with Crippen LogP contribution in [0.2, 0.25) is 0 Å². The minimum Gasteiger partial charge on any atom is -0.480 e. The van der Waals surface area contributed by atoms with E-state index in [2.05, 4.69) is 6.92 Å². The van der Waals surface area contributed by atoms with Gasteiger partial charge in [-0.1, -0.05) is 65.2 Å². The quantitative estimate of drug-likeness (QED) is 0.414. The third-order valence-electron chi connectivity index (χ3n) is 3.88. The number of aliphatic carboxylic acids is 2. The molecule has 0 atom stereocenters. The van der Waals surface area contributed by atoms with Crippen LogP contribution in [-0.2, 0) is 9.59 Å². The van der Waals surface area contributed by atoms with Crippen LogP contribution in [0.25, 0.3) is 0 Å². The molecule has 0 aliphatic rings. The number of rotatable bonds is 12. The highest BCUT2D eigenvalue weighted by atomic mass is 16.4. The zero-order chi connectivity index (χ0) is 14.7. The van der Waals surface area contributed by atoms with Crippen molar-refractivity contribution in [1.29, 1.82) is 0 Å². The Labute approximate surface area is 116 Å². The van der Waals surface area contributed by atoms with Crippen molar-refractivity contribution in [2.24, 2.45) is 5.41 Å². The van der Waals surface area contributed by atoms with Crippen molar-refractivity contribution < 1.29 is 19.8 Å². The van der Waals surface area contributed by atoms with Crippen LogP contribution in [0, 0.1) is 5.41 Å². The fraction of sp³-hybridized carbons (Fsp3) is 0.867. The van der Waals surface area contributed by atoms with Crippen LogP contribution in [0.15, 0.2) is 0 Å². The summed E-state index contributed by atoms with van der Waals surface area (Å²) in [4.78, 5) is 22.3. The largest absolute Gasteiger partial charge is 0.480 e. The van der Waals surface area contributed by atoms with E-state index in [0.29, 0.717) is 6.42 Å². The summed E-state index contributed by atoms with van der Waals surface area (Å²) in [6.07, 6.45) is 9.23. The molecule has 0 bridgehead atoms. The Morgan fingerprint density at radius 3 is 1.58 bits per heavy atom. The van der Waals surface area contributed by atoms with E-state index in [1.165, 1.54) is 32.1 Å². The minimum absolute atomic E-state index is 0.147. The summed E-state index contributed by atoms with van der Waals surface area (Å²) < 4.78 is 0. The molecule has 0 saturated heterocycles. The number of carbonyl (C=O) groups is 2. The Hall–Kier alpha value is -1.06. The van der Waals surface area contributed by atoms with Crippen LogP contribution in [-0.4, -0.2) is 22.2 Å². The molecule has 4 heteroatoms. The predicted octanol–water partition coefficient (Wildman–Crippen LogP) is 4.08. The van der Waals surface area contributed by atoms with E-state index in [1.807, 2.05) is 0 Å². The fourth-order valence-corrected chi connectivity index (χ4v) is 2.35. The zero-order valence-electron chi connectivity index (χ0n) is 12.3. The van der Waals surface area contributed by atoms with Gasteiger partial charge in [0.25, 0.3) is 0 Å². The highest BCUT2D eigenvalue weighted by Gasteiger charge is 2.44. The molecule has 0 spiro atoms. The Bertz CT molecular complexity index is 259. The van der Waals surface area contributed by atoms with E-state index in [4.69, 9.17) is 10.2 Å². The van der Waals surface area contributed by atoms with Crippen LogP contribution >= 0.6 is 0 Å². The highest BCUT2D eigenvalue weighted by Crippen LogP contribution is 2.30. The Morgan fingerprint density at radius 2 is 1.21 bits per heavy atom. The summed E-state index contributed by atoms with van der Waals surface area (Å²) in [7, 11) is 0. The lowest BCUT2D eigenvalue weighted by molar-refractivity contribution is -0.165. The number of carboxylic acid groups (broad SMARTS) is 2. The molecule has 2 N–H and O–H groups in total. The SMILES string of the molecule is CCCCCCCCCCC(CC)(C(=O)O)C(=O)O. The van der Waals surface area contributed by atoms with Crippen LogP contribution in [0.3, 0.4) is 0 Å². The monoisotopic (exact) mass is 272 g/mol. The highest BCUT2D eigenvalue weighted by molar-refractivity contribution is 5.98. The number of unbranched alkanes of at least 4 members (excludes halogenated alkanes) is 7. The van der Waals surface area contributed by atoms with Gasteiger partial charge in [0.05, 0.1) is 0 Å². The molecule has 0 aliphatic carbocycles. The Balaban J connectivity index is 3.89. The van der Waals surface area contributed by atoms with Crippen LogP contribution < -0.4 is 0 Å². The first kappa shape index (κ1) is 17.9. The van der Waals surface area contributed by atoms with Crippen molar-refractivity contribution in [2.45, 2.75) is 78.1 Å². The molecule has 0 unspecified atom stereocenters. The normalized spacial score (nSPS) is 11.5. The molecular weight excluding hydrogens is 244 g/mol. The van der Waals surface area contributed by atoms with Gasteiger partial charge < -0.3 is 10.2 Å². The van der Waals surface area contributed by atoms with Crippen LogP contribution in [0.5, 0.6) is 0 Å². The third-order valence-corrected chi connectivity index (χ3v) is 3.88. The van der Waals surface area contributed by atoms with Crippen molar-refractivity contribution in [2.75, 3.05) is 0 Å². The van der Waals surface area contributed by atoms with Crippen molar-refractivity contribution in [1.82, 2.24) is 0 Å². The predicted molar refractivity (Wildman–Crippen MR) is 75.2 cm³/mol. The molecule has 0 aliphatic heterocycles. The summed E-state index contributed by atoms with van der Waals surface area (Å²) in [5.41, 5.74) is -1.58. The van der Waals surface area contributed by atoms with E-state index in [1.54, 1.807) is 6.92 Å². The lowest BCUT2D eigenvalue weighted by Gasteiger charge is -2.22. The molecule has 0 fully saturated rings. The summed E-state index contributed by atoms with van der Waals surface area (Å²) in [6, 6.07) is 0. The standard InChI is InChI=1S/C15H28O4/c1-3-5-6-7-8-9-10-11-12-15(4-2,13(16)17)14(18)19/h3-12H2,1-2H3,(H,16,17)(H,18,19). The average Bonchev–Trinajstić information content (AvgIpc) is 2.36. The molecule has 0 aromatic carbocycles. The Kier molecular flexibility index (Phi) is 9.27. The maximum atomic E-state index is 11.2. The molecule has 0 amide bonds. The fourth-order valence-electron chi connectivity index (χ4n) is 2.35. The smallest absolute Gasteiger partial charge is 0.321 e. The third kappa shape index (κ3) is 6.08. The Morgan fingerprint density at radius 1 is 0.789 bits per heavy atom. The molecular formula is C15H28O4. The number of carboxylic acids is 2. The van der Waals surface area contributed by atoms with Gasteiger partial charge in [0, 0.05) is 0 Å². The van der Waals surface area contributed by atoms with Gasteiger partial charge in [0.15, 0.2) is 5.41 Å². The topological polar surface area (TPSA) is 74.6 Å². The second-order valence-electron chi connectivity index (χ2n) is 5.27. The van der Waals surface area contributed by atoms with Gasteiger partial charge in [-0.05, 0) is 12.8 Å². The average molecular weight is 272 g/mol. The van der Waals surface area contributed by atoms with E-state index >= 15 is 0 Å². The van der Waals surface area contributed by atoms with Gasteiger partial charge in [0.2, 0.25) is 0 Å². The second-order valence-corrected chi connectivity index (χ2v) is 5.27. The van der Waals surface area contributed by atoms with Gasteiger partial charge in [-0.3, -0.25) is 9.59 Å². The van der Waals surface area contributed by atoms with Gasteiger partial charge in [-0.25, -0.2) is 0 Å². The van der Waals surface area contributed by atoms with Crippen molar-refractivity contribution in [3.63, 3.8) is 0 Å². The van der Waals surface area contributed by atoms with Crippen molar-refractivity contribution >= 4 is 11.9 Å². The molecule has 0 radical (unpaired) electrons. The molecule has 4 nitrogen and oxygen atoms in total. The van der Waals surface area contributed by atoms with Crippen molar-refractivity contribution in [3.05, 3.63) is 0 Å². The first-order valence-corrected chi connectivity index (χ1v) is 7.48. The summed E-state index contributed by atoms with van der Waals surface area (Å²) in [6.45, 7) is 3.81. The molecule has 19 heavy (non-hydrogen) atoms. The maximum absolute atomic E-state index is 11.2. The van der Waals surface area contributed by atoms with Gasteiger partial charge in [0.1, 0.15) is 0 Å². The summed E-state index contributed by atoms with van der Waals surface area (Å²) in [5, 5.41) is 18.2. The van der Waals surface area contributed by atoms with Crippen LogP contribution in [0.1, 0.15) is 78.1 Å². The number of hydrogen-bond acceptors (Lipinski definition) is 2. The van der Waals surface area contributed by atoms with E-state index in [9.17, 15) is 9.59 Å². The summed E-state index contributed by atoms with van der Waals surface area (Å²) in [5.74, 6) is -2.41. The molecule has 0 saturated carbocycles. The van der Waals surface area contributed by atoms with Crippen LogP contribution in [0.4, 0.5) is 0 Å². The zero-order valence-corrected chi connectivity index (χ0v) is 12.3. The first-order chi connectivity index (χ1) is 9.01. The lowest BCUT2D eigenvalue weighted by atomic mass is 9.80.